The maximum Gasteiger partial charge on any atom is 0.338 e. The molecule has 22 nitrogen and oxygen atoms in total. The SMILES string of the molecule is CC(C)(CNC(=O)COc1cc(OCC(=O)NCC(C)(C)OCCC(C)(C)C(=O)O)cc(-c2cc(C(=O)OCc3ccccc3)cc(-c3cc(OCC=O)cc(OCC(=O)NCC(C)(C)OCC(C)(C)C(=O)O)c3)c2)c1)OCCC(C)(C)C(=O)O. The smallest absolute Gasteiger partial charge is 0.338 e. The standard InChI is InChI=1S/C63H83N3O19/c1-58(2,55(72)73)18-21-83-61(7,8)37-64-51(68)34-80-49-29-45(30-50(32-49)81-35-52(69)65-38-62(9,10)84-22-19-59(3,4)56(74)75)43-24-42(25-46(26-43)54(71)82-33-41-16-14-13-15-17-41)44-27-47(78-23-20-67)31-48(28-44)79-36-53(70)66-39-63(11,12)85-40-60(5,6)57(76)77/h13-17,20,24-32H,18-19,21-23,33-40H2,1-12H3,(H,64,68)(H,65,69)(H,66,70)(H,72,73)(H,74,75)(H,76,77). The first kappa shape index (κ1) is 69.4. The van der Waals surface area contributed by atoms with Crippen LogP contribution in [0, 0.1) is 16.2 Å². The van der Waals surface area contributed by atoms with E-state index in [0.717, 1.165) is 5.56 Å². The lowest BCUT2D eigenvalue weighted by Crippen LogP contribution is -2.44. The summed E-state index contributed by atoms with van der Waals surface area (Å²) >= 11 is 0. The van der Waals surface area contributed by atoms with Gasteiger partial charge in [0.25, 0.3) is 17.7 Å². The molecule has 4 aromatic carbocycles. The summed E-state index contributed by atoms with van der Waals surface area (Å²) in [5, 5.41) is 36.9. The van der Waals surface area contributed by atoms with E-state index in [9.17, 15) is 53.7 Å². The van der Waals surface area contributed by atoms with Crippen LogP contribution in [-0.2, 0) is 59.1 Å². The van der Waals surface area contributed by atoms with Crippen LogP contribution in [0.4, 0.5) is 0 Å². The number of benzene rings is 4. The second kappa shape index (κ2) is 30.6. The van der Waals surface area contributed by atoms with Gasteiger partial charge in [-0.1, -0.05) is 30.3 Å². The average molecular weight is 1190 g/mol. The molecular formula is C63H83N3O19. The van der Waals surface area contributed by atoms with Crippen molar-refractivity contribution in [2.24, 2.45) is 16.2 Å². The molecule has 0 aromatic heterocycles. The molecule has 0 saturated heterocycles. The first-order valence-electron chi connectivity index (χ1n) is 27.6. The quantitative estimate of drug-likeness (QED) is 0.0184. The number of carbonyl (C=O) groups is 8. The van der Waals surface area contributed by atoms with Gasteiger partial charge in [-0.15, -0.1) is 0 Å². The molecule has 0 atom stereocenters. The molecule has 0 saturated carbocycles. The van der Waals surface area contributed by atoms with Gasteiger partial charge in [0, 0.05) is 45.0 Å². The summed E-state index contributed by atoms with van der Waals surface area (Å²) in [4.78, 5) is 100. The Balaban J connectivity index is 1.71. The normalized spacial score (nSPS) is 12.1. The van der Waals surface area contributed by atoms with Gasteiger partial charge in [0.05, 0.1) is 45.2 Å². The highest BCUT2D eigenvalue weighted by atomic mass is 16.5. The molecule has 0 unspecified atom stereocenters. The maximum atomic E-state index is 14.1. The molecule has 4 aromatic rings. The van der Waals surface area contributed by atoms with E-state index in [2.05, 4.69) is 16.0 Å². The predicted octanol–water partition coefficient (Wildman–Crippen LogP) is 7.94. The Bertz CT molecular complexity index is 2890. The van der Waals surface area contributed by atoms with Gasteiger partial charge in [0.15, 0.2) is 26.1 Å². The van der Waals surface area contributed by atoms with Crippen molar-refractivity contribution in [3.8, 4) is 45.3 Å². The Morgan fingerprint density at radius 1 is 0.459 bits per heavy atom. The molecule has 0 aliphatic heterocycles. The summed E-state index contributed by atoms with van der Waals surface area (Å²) in [6, 6.07) is 23.2. The Hall–Kier alpha value is -8.08. The van der Waals surface area contributed by atoms with E-state index in [4.69, 9.17) is 37.9 Å². The van der Waals surface area contributed by atoms with Crippen LogP contribution in [0.2, 0.25) is 0 Å². The number of amides is 3. The van der Waals surface area contributed by atoms with Crippen molar-refractivity contribution >= 4 is 47.9 Å². The molecule has 0 bridgehead atoms. The zero-order valence-electron chi connectivity index (χ0n) is 50.7. The third-order valence-corrected chi connectivity index (χ3v) is 13.4. The molecule has 6 N–H and O–H groups in total. The van der Waals surface area contributed by atoms with E-state index < -0.39 is 94.5 Å². The molecule has 0 spiro atoms. The lowest BCUT2D eigenvalue weighted by Gasteiger charge is -2.29. The van der Waals surface area contributed by atoms with Crippen LogP contribution in [0.1, 0.15) is 112 Å². The van der Waals surface area contributed by atoms with Gasteiger partial charge >= 0.3 is 23.9 Å². The summed E-state index contributed by atoms with van der Waals surface area (Å²) < 4.78 is 47.3. The third kappa shape index (κ3) is 24.2. The van der Waals surface area contributed by atoms with E-state index in [1.807, 2.05) is 6.07 Å². The number of rotatable bonds is 37. The summed E-state index contributed by atoms with van der Waals surface area (Å²) in [7, 11) is 0. The van der Waals surface area contributed by atoms with E-state index in [1.54, 1.807) is 136 Å². The number of carboxylic acids is 3. The van der Waals surface area contributed by atoms with E-state index in [0.29, 0.717) is 28.5 Å². The largest absolute Gasteiger partial charge is 0.486 e. The molecule has 0 aliphatic rings. The molecular weight excluding hydrogens is 1100 g/mol. The summed E-state index contributed by atoms with van der Waals surface area (Å²) in [5.74, 6) is -4.72. The fourth-order valence-electron chi connectivity index (χ4n) is 7.33. The van der Waals surface area contributed by atoms with Gasteiger partial charge in [-0.25, -0.2) is 4.79 Å². The van der Waals surface area contributed by atoms with Crippen LogP contribution in [0.15, 0.2) is 84.9 Å². The zero-order chi connectivity index (χ0) is 63.4. The second-order valence-corrected chi connectivity index (χ2v) is 24.3. The maximum absolute atomic E-state index is 14.1. The van der Waals surface area contributed by atoms with Crippen molar-refractivity contribution < 1.29 is 91.6 Å². The van der Waals surface area contributed by atoms with Gasteiger partial charge in [-0.05, 0) is 166 Å². The minimum Gasteiger partial charge on any atom is -0.486 e. The Kier molecular flexibility index (Phi) is 25.0. The average Bonchev–Trinajstić information content (AvgIpc) is 2.27. The molecule has 0 fully saturated rings. The van der Waals surface area contributed by atoms with Crippen molar-refractivity contribution in [3.63, 3.8) is 0 Å². The van der Waals surface area contributed by atoms with E-state index in [-0.39, 0.29) is 94.1 Å². The highest BCUT2D eigenvalue weighted by Gasteiger charge is 2.33. The van der Waals surface area contributed by atoms with Crippen LogP contribution < -0.4 is 34.9 Å². The summed E-state index contributed by atoms with van der Waals surface area (Å²) in [5.41, 5.74) is -3.52. The molecule has 0 aliphatic carbocycles. The molecule has 4 rings (SSSR count). The summed E-state index contributed by atoms with van der Waals surface area (Å²) in [6.07, 6.45) is 1.03. The highest BCUT2D eigenvalue weighted by molar-refractivity contribution is 5.94. The Morgan fingerprint density at radius 3 is 1.20 bits per heavy atom. The van der Waals surface area contributed by atoms with Gasteiger partial charge in [-0.3, -0.25) is 33.6 Å². The number of aliphatic carboxylic acids is 3. The molecule has 22 heteroatoms. The first-order chi connectivity index (χ1) is 39.6. The lowest BCUT2D eigenvalue weighted by molar-refractivity contribution is -0.154. The number of hydrogen-bond donors (Lipinski definition) is 6. The van der Waals surface area contributed by atoms with Gasteiger partial charge in [0.2, 0.25) is 0 Å². The molecule has 464 valence electrons. The van der Waals surface area contributed by atoms with Crippen molar-refractivity contribution in [1.29, 1.82) is 0 Å². The minimum absolute atomic E-state index is 0.0186. The number of hydrogen-bond acceptors (Lipinski definition) is 16. The Morgan fingerprint density at radius 2 is 0.824 bits per heavy atom. The van der Waals surface area contributed by atoms with Crippen LogP contribution in [0.3, 0.4) is 0 Å². The molecule has 3 amide bonds. The van der Waals surface area contributed by atoms with Crippen LogP contribution in [0.5, 0.6) is 23.0 Å². The van der Waals surface area contributed by atoms with Crippen molar-refractivity contribution in [2.75, 3.05) is 65.9 Å². The number of aldehydes is 1. The number of ether oxygens (including phenoxy) is 8. The molecule has 0 radical (unpaired) electrons. The van der Waals surface area contributed by atoms with Gasteiger partial charge < -0.3 is 69.2 Å². The van der Waals surface area contributed by atoms with Crippen molar-refractivity contribution in [3.05, 3.63) is 96.1 Å². The minimum atomic E-state index is -1.17. The number of esters is 1. The monoisotopic (exact) mass is 1190 g/mol. The lowest BCUT2D eigenvalue weighted by atomic mass is 9.90. The van der Waals surface area contributed by atoms with Gasteiger partial charge in [0.1, 0.15) is 36.2 Å². The fraction of sp³-hybridized carbons (Fsp3) is 0.492. The van der Waals surface area contributed by atoms with Crippen molar-refractivity contribution in [1.82, 2.24) is 16.0 Å². The zero-order valence-corrected chi connectivity index (χ0v) is 50.7. The summed E-state index contributed by atoms with van der Waals surface area (Å²) in [6.45, 7) is 18.2. The highest BCUT2D eigenvalue weighted by Crippen LogP contribution is 2.37. The number of nitrogens with one attached hydrogen (secondary N) is 3. The first-order valence-corrected chi connectivity index (χ1v) is 27.6. The predicted molar refractivity (Wildman–Crippen MR) is 314 cm³/mol. The van der Waals surface area contributed by atoms with Crippen LogP contribution in [-0.4, -0.2) is 146 Å². The van der Waals surface area contributed by atoms with Crippen LogP contribution >= 0.6 is 0 Å². The fourth-order valence-corrected chi connectivity index (χ4v) is 7.33. The third-order valence-electron chi connectivity index (χ3n) is 13.4. The van der Waals surface area contributed by atoms with Gasteiger partial charge in [-0.2, -0.15) is 0 Å². The Labute approximate surface area is 496 Å². The number of carboxylic acid groups (broad SMARTS) is 3. The second-order valence-electron chi connectivity index (χ2n) is 24.3. The van der Waals surface area contributed by atoms with E-state index >= 15 is 0 Å². The molecule has 0 heterocycles. The number of carbonyl (C=O) groups excluding carboxylic acids is 5. The topological polar surface area (TPSA) is 307 Å². The van der Waals surface area contributed by atoms with E-state index in [1.165, 1.54) is 26.0 Å². The van der Waals surface area contributed by atoms with Crippen molar-refractivity contribution in [2.45, 2.75) is 119 Å². The van der Waals surface area contributed by atoms with Crippen LogP contribution in [0.25, 0.3) is 22.3 Å². The molecule has 85 heavy (non-hydrogen) atoms.